The van der Waals surface area contributed by atoms with Gasteiger partial charge in [-0.05, 0) is 25.0 Å². The van der Waals surface area contributed by atoms with Gasteiger partial charge >= 0.3 is 0 Å². The first-order chi connectivity index (χ1) is 13.5. The Morgan fingerprint density at radius 2 is 2.11 bits per heavy atom. The normalized spacial score (nSPS) is 16.9. The van der Waals surface area contributed by atoms with E-state index in [4.69, 9.17) is 4.74 Å². The number of ether oxygens (including phenoxy) is 1. The lowest BCUT2D eigenvalue weighted by molar-refractivity contribution is -0.119. The molecule has 28 heavy (non-hydrogen) atoms. The highest BCUT2D eigenvalue weighted by Gasteiger charge is 2.36. The van der Waals surface area contributed by atoms with Gasteiger partial charge in [0.05, 0.1) is 25.3 Å². The molecule has 0 N–H and O–H groups in total. The number of aromatic nitrogens is 2. The molecule has 4 heterocycles. The van der Waals surface area contributed by atoms with Gasteiger partial charge in [-0.25, -0.2) is 9.97 Å². The number of hydrogen-bond donors (Lipinski definition) is 0. The summed E-state index contributed by atoms with van der Waals surface area (Å²) in [5.74, 6) is 0.537. The number of likely N-dealkylation sites (N-methyl/N-ethyl adjacent to an activating group) is 1. The zero-order valence-corrected chi connectivity index (χ0v) is 17.1. The summed E-state index contributed by atoms with van der Waals surface area (Å²) in [6.45, 7) is 4.27. The SMILES string of the molecule is COCCN1C(=O)CN(C)C(=O)c2c1sc1c2CCN(c2nccc(C)n2)C1. The van der Waals surface area contributed by atoms with E-state index < -0.39 is 0 Å². The molecule has 0 spiro atoms. The molecule has 0 radical (unpaired) electrons. The van der Waals surface area contributed by atoms with Crippen LogP contribution in [0, 0.1) is 6.92 Å². The van der Waals surface area contributed by atoms with Crippen LogP contribution in [0.3, 0.4) is 0 Å². The van der Waals surface area contributed by atoms with Gasteiger partial charge in [0.25, 0.3) is 5.91 Å². The Morgan fingerprint density at radius 1 is 1.29 bits per heavy atom. The van der Waals surface area contributed by atoms with E-state index in [-0.39, 0.29) is 18.4 Å². The number of carbonyl (C=O) groups is 2. The van der Waals surface area contributed by atoms with Crippen molar-refractivity contribution in [1.82, 2.24) is 14.9 Å². The molecule has 2 aromatic heterocycles. The summed E-state index contributed by atoms with van der Waals surface area (Å²) >= 11 is 1.53. The molecule has 0 unspecified atom stereocenters. The van der Waals surface area contributed by atoms with Gasteiger partial charge in [-0.15, -0.1) is 11.3 Å². The zero-order chi connectivity index (χ0) is 19.8. The molecule has 0 aromatic carbocycles. The topological polar surface area (TPSA) is 78.9 Å². The lowest BCUT2D eigenvalue weighted by Gasteiger charge is -2.27. The largest absolute Gasteiger partial charge is 0.383 e. The molecule has 2 amide bonds. The van der Waals surface area contributed by atoms with E-state index in [9.17, 15) is 9.59 Å². The summed E-state index contributed by atoms with van der Waals surface area (Å²) in [6.07, 6.45) is 2.49. The van der Waals surface area contributed by atoms with Crippen molar-refractivity contribution in [1.29, 1.82) is 0 Å². The van der Waals surface area contributed by atoms with Gasteiger partial charge in [-0.2, -0.15) is 0 Å². The second-order valence-electron chi connectivity index (χ2n) is 7.05. The van der Waals surface area contributed by atoms with E-state index in [0.717, 1.165) is 34.1 Å². The molecule has 2 aromatic rings. The Labute approximate surface area is 167 Å². The number of nitrogens with zero attached hydrogens (tertiary/aromatic N) is 5. The second kappa shape index (κ2) is 7.48. The highest BCUT2D eigenvalue weighted by molar-refractivity contribution is 7.17. The highest BCUT2D eigenvalue weighted by Crippen LogP contribution is 2.41. The van der Waals surface area contributed by atoms with Crippen molar-refractivity contribution in [3.8, 4) is 0 Å². The van der Waals surface area contributed by atoms with Gasteiger partial charge < -0.3 is 14.5 Å². The van der Waals surface area contributed by atoms with Crippen LogP contribution in [-0.2, 0) is 22.5 Å². The number of aryl methyl sites for hydroxylation is 1. The van der Waals surface area contributed by atoms with Crippen LogP contribution < -0.4 is 9.80 Å². The predicted octanol–water partition coefficient (Wildman–Crippen LogP) is 1.47. The Bertz CT molecular complexity index is 928. The van der Waals surface area contributed by atoms with Crippen LogP contribution in [0.2, 0.25) is 0 Å². The number of fused-ring (bicyclic) bond motifs is 3. The molecule has 0 saturated heterocycles. The van der Waals surface area contributed by atoms with Gasteiger partial charge in [0.2, 0.25) is 11.9 Å². The van der Waals surface area contributed by atoms with Crippen LogP contribution in [0.4, 0.5) is 10.9 Å². The molecule has 2 aliphatic heterocycles. The minimum Gasteiger partial charge on any atom is -0.383 e. The number of rotatable bonds is 4. The molecule has 0 fully saturated rings. The third-order valence-corrected chi connectivity index (χ3v) is 6.34. The van der Waals surface area contributed by atoms with Crippen LogP contribution >= 0.6 is 11.3 Å². The fourth-order valence-electron chi connectivity index (χ4n) is 3.63. The fourth-order valence-corrected chi connectivity index (χ4v) is 5.03. The third-order valence-electron chi connectivity index (χ3n) is 5.10. The molecule has 8 nitrogen and oxygen atoms in total. The van der Waals surface area contributed by atoms with Crippen LogP contribution in [-0.4, -0.2) is 67.1 Å². The highest BCUT2D eigenvalue weighted by atomic mass is 32.1. The maximum absolute atomic E-state index is 13.0. The van der Waals surface area contributed by atoms with Crippen molar-refractivity contribution in [2.24, 2.45) is 0 Å². The summed E-state index contributed by atoms with van der Waals surface area (Å²) in [6, 6.07) is 1.88. The summed E-state index contributed by atoms with van der Waals surface area (Å²) in [7, 11) is 3.29. The molecule has 148 valence electrons. The first kappa shape index (κ1) is 18.8. The second-order valence-corrected chi connectivity index (χ2v) is 8.14. The zero-order valence-electron chi connectivity index (χ0n) is 16.3. The number of methoxy groups -OCH3 is 1. The van der Waals surface area contributed by atoms with E-state index in [1.165, 1.54) is 16.2 Å². The molecule has 0 aliphatic carbocycles. The quantitative estimate of drug-likeness (QED) is 0.772. The average Bonchev–Trinajstić information content (AvgIpc) is 3.02. The summed E-state index contributed by atoms with van der Waals surface area (Å²) in [5.41, 5.74) is 2.65. The molecule has 9 heteroatoms. The van der Waals surface area contributed by atoms with E-state index >= 15 is 0 Å². The molecular formula is C19H23N5O3S. The van der Waals surface area contributed by atoms with Crippen molar-refractivity contribution in [2.45, 2.75) is 19.9 Å². The number of thiophene rings is 1. The van der Waals surface area contributed by atoms with Crippen molar-refractivity contribution in [2.75, 3.05) is 50.2 Å². The van der Waals surface area contributed by atoms with Crippen molar-refractivity contribution >= 4 is 34.1 Å². The van der Waals surface area contributed by atoms with Crippen molar-refractivity contribution in [3.05, 3.63) is 34.0 Å². The van der Waals surface area contributed by atoms with Gasteiger partial charge in [0.1, 0.15) is 11.5 Å². The van der Waals surface area contributed by atoms with Crippen LogP contribution in [0.25, 0.3) is 0 Å². The molecule has 0 saturated carbocycles. The molecule has 4 rings (SSSR count). The van der Waals surface area contributed by atoms with E-state index in [1.807, 2.05) is 13.0 Å². The average molecular weight is 401 g/mol. The Balaban J connectivity index is 1.73. The Kier molecular flexibility index (Phi) is 5.03. The fraction of sp³-hybridized carbons (Fsp3) is 0.474. The van der Waals surface area contributed by atoms with E-state index in [2.05, 4.69) is 14.9 Å². The van der Waals surface area contributed by atoms with Crippen LogP contribution in [0.15, 0.2) is 12.3 Å². The van der Waals surface area contributed by atoms with Crippen LogP contribution in [0.1, 0.15) is 26.5 Å². The lowest BCUT2D eigenvalue weighted by Crippen LogP contribution is -2.39. The molecule has 0 bridgehead atoms. The first-order valence-corrected chi connectivity index (χ1v) is 10.0. The van der Waals surface area contributed by atoms with Crippen molar-refractivity contribution in [3.63, 3.8) is 0 Å². The number of anilines is 2. The lowest BCUT2D eigenvalue weighted by atomic mass is 10.0. The minimum absolute atomic E-state index is 0.0795. The van der Waals surface area contributed by atoms with Gasteiger partial charge in [0.15, 0.2) is 0 Å². The smallest absolute Gasteiger partial charge is 0.257 e. The Hall–Kier alpha value is -2.52. The summed E-state index contributed by atoms with van der Waals surface area (Å²) < 4.78 is 5.18. The number of carbonyl (C=O) groups excluding carboxylic acids is 2. The van der Waals surface area contributed by atoms with Gasteiger partial charge in [-0.1, -0.05) is 0 Å². The number of hydrogen-bond acceptors (Lipinski definition) is 7. The van der Waals surface area contributed by atoms with Crippen LogP contribution in [0.5, 0.6) is 0 Å². The monoisotopic (exact) mass is 401 g/mol. The molecule has 0 atom stereocenters. The maximum Gasteiger partial charge on any atom is 0.257 e. The summed E-state index contributed by atoms with van der Waals surface area (Å²) in [5, 5.41) is 0.744. The Morgan fingerprint density at radius 3 is 2.86 bits per heavy atom. The minimum atomic E-state index is -0.0824. The van der Waals surface area contributed by atoms with Crippen molar-refractivity contribution < 1.29 is 14.3 Å². The first-order valence-electron chi connectivity index (χ1n) is 9.23. The molecule has 2 aliphatic rings. The third kappa shape index (κ3) is 3.24. The van der Waals surface area contributed by atoms with Gasteiger partial charge in [0, 0.05) is 37.5 Å². The number of amides is 2. The van der Waals surface area contributed by atoms with E-state index in [1.54, 1.807) is 25.3 Å². The van der Waals surface area contributed by atoms with E-state index in [0.29, 0.717) is 31.2 Å². The van der Waals surface area contributed by atoms with Gasteiger partial charge in [-0.3, -0.25) is 14.5 Å². The standard InChI is InChI=1S/C19H23N5O3S/c1-12-4-6-20-19(21-12)23-7-5-13-14(10-23)28-18-16(13)17(26)22(2)11-15(25)24(18)8-9-27-3/h4,6H,5,7-11H2,1-3H3. The maximum atomic E-state index is 13.0. The predicted molar refractivity (Wildman–Crippen MR) is 107 cm³/mol. The molecular weight excluding hydrogens is 378 g/mol. The summed E-state index contributed by atoms with van der Waals surface area (Å²) in [4.78, 5) is 41.1.